The average Bonchev–Trinajstić information content (AvgIpc) is 3.08. The molecule has 0 fully saturated rings. The Bertz CT molecular complexity index is 1320. The van der Waals surface area contributed by atoms with Crippen molar-refractivity contribution in [1.82, 2.24) is 0 Å². The zero-order valence-electron chi connectivity index (χ0n) is 16.9. The topological polar surface area (TPSA) is 107 Å². The first-order valence-electron chi connectivity index (χ1n) is 9.62. The number of carbonyl (C=O) groups is 1. The number of hydrogen-bond acceptors (Lipinski definition) is 5. The highest BCUT2D eigenvalue weighted by atomic mass is 32.2. The van der Waals surface area contributed by atoms with E-state index in [0.29, 0.717) is 21.2 Å². The summed E-state index contributed by atoms with van der Waals surface area (Å²) in [6, 6.07) is 14.1. The summed E-state index contributed by atoms with van der Waals surface area (Å²) >= 11 is -1.50. The lowest BCUT2D eigenvalue weighted by Gasteiger charge is -2.18. The molecule has 0 saturated heterocycles. The number of aliphatic imine (C=N–C) groups is 1. The molecule has 1 unspecified atom stereocenters. The minimum atomic E-state index is -4.34. The molecule has 1 N–H and O–H groups in total. The number of aliphatic carboxylic acids is 1. The highest BCUT2D eigenvalue weighted by molar-refractivity contribution is 7.95. The van der Waals surface area contributed by atoms with Gasteiger partial charge in [0, 0.05) is 28.9 Å². The Morgan fingerprint density at radius 2 is 1.75 bits per heavy atom. The third-order valence-corrected chi connectivity index (χ3v) is 8.38. The van der Waals surface area contributed by atoms with E-state index in [4.69, 9.17) is 0 Å². The van der Waals surface area contributed by atoms with Gasteiger partial charge >= 0.3 is 5.97 Å². The first kappa shape index (κ1) is 22.2. The summed E-state index contributed by atoms with van der Waals surface area (Å²) in [5.41, 5.74) is 0.917. The Kier molecular flexibility index (Phi) is 5.89. The van der Waals surface area contributed by atoms with Gasteiger partial charge < -0.3 is 9.66 Å². The van der Waals surface area contributed by atoms with E-state index in [9.17, 15) is 27.3 Å². The number of hydrogen-bond donors (Lipinski definition) is 1. The quantitative estimate of drug-likeness (QED) is 0.631. The summed E-state index contributed by atoms with van der Waals surface area (Å²) in [5, 5.41) is 9.24. The van der Waals surface area contributed by atoms with E-state index < -0.39 is 44.1 Å². The summed E-state index contributed by atoms with van der Waals surface area (Å²) in [7, 11) is -4.34. The summed E-state index contributed by atoms with van der Waals surface area (Å²) < 4.78 is 54.4. The molecule has 6 nitrogen and oxygen atoms in total. The lowest BCUT2D eigenvalue weighted by atomic mass is 9.94. The van der Waals surface area contributed by atoms with Crippen molar-refractivity contribution in [2.45, 2.75) is 34.5 Å². The van der Waals surface area contributed by atoms with E-state index >= 15 is 0 Å². The maximum atomic E-state index is 14.9. The molecule has 32 heavy (non-hydrogen) atoms. The zero-order chi connectivity index (χ0) is 23.0. The second-order valence-electron chi connectivity index (χ2n) is 7.21. The summed E-state index contributed by atoms with van der Waals surface area (Å²) in [4.78, 5) is 15.8. The molecule has 1 aliphatic heterocycles. The van der Waals surface area contributed by atoms with Crippen LogP contribution in [0.1, 0.15) is 19.8 Å². The lowest BCUT2D eigenvalue weighted by molar-refractivity contribution is -0.136. The third-order valence-electron chi connectivity index (χ3n) is 5.15. The predicted octanol–water partition coefficient (Wildman–Crippen LogP) is 4.34. The number of nitrogens with zero attached hydrogens (tertiary/aromatic N) is 1. The molecular formula is C23H18FNO5S2. The molecular weight excluding hydrogens is 453 g/mol. The van der Waals surface area contributed by atoms with E-state index in [1.807, 2.05) is 0 Å². The van der Waals surface area contributed by atoms with E-state index in [1.54, 1.807) is 37.3 Å². The van der Waals surface area contributed by atoms with E-state index in [1.165, 1.54) is 24.3 Å². The Balaban J connectivity index is 1.77. The van der Waals surface area contributed by atoms with Crippen LogP contribution in [0.2, 0.25) is 0 Å². The van der Waals surface area contributed by atoms with Gasteiger partial charge in [-0.2, -0.15) is 0 Å². The number of halogens is 1. The van der Waals surface area contributed by atoms with Crippen molar-refractivity contribution in [3.63, 3.8) is 0 Å². The maximum Gasteiger partial charge on any atom is 0.307 e. The van der Waals surface area contributed by atoms with Crippen LogP contribution in [-0.4, -0.2) is 29.8 Å². The highest BCUT2D eigenvalue weighted by Crippen LogP contribution is 2.41. The fraction of sp³-hybridized carbons (Fsp3) is 0.130. The summed E-state index contributed by atoms with van der Waals surface area (Å²) in [5.74, 6) is -2.10. The minimum Gasteiger partial charge on any atom is -0.606 e. The van der Waals surface area contributed by atoms with Crippen LogP contribution in [0.25, 0.3) is 0 Å². The number of carboxylic acid groups (broad SMARTS) is 1. The van der Waals surface area contributed by atoms with Crippen LogP contribution in [0.15, 0.2) is 108 Å². The van der Waals surface area contributed by atoms with Gasteiger partial charge in [0.2, 0.25) is 9.84 Å². The van der Waals surface area contributed by atoms with Crippen molar-refractivity contribution < 1.29 is 27.3 Å². The fourth-order valence-corrected chi connectivity index (χ4v) is 6.31. The average molecular weight is 472 g/mol. The van der Waals surface area contributed by atoms with Gasteiger partial charge in [0.15, 0.2) is 9.79 Å². The standard InChI is InChI=1S/C23H18FNO5S2/c1-14-18(13-21(26)27)22-20(25-14)12-11-19(24)23(22)32(29,30)17-9-7-16(8-10-17)31(28)15-5-3-2-4-6-15/h2-11H,12-13H2,1H3,(H,26,27). The van der Waals surface area contributed by atoms with E-state index in [0.717, 1.165) is 6.08 Å². The van der Waals surface area contributed by atoms with Crippen LogP contribution in [-0.2, 0) is 25.8 Å². The largest absolute Gasteiger partial charge is 0.606 e. The van der Waals surface area contributed by atoms with Gasteiger partial charge in [-0.25, -0.2) is 12.8 Å². The monoisotopic (exact) mass is 471 g/mol. The van der Waals surface area contributed by atoms with Gasteiger partial charge in [0.05, 0.1) is 17.0 Å². The number of rotatable bonds is 6. The number of allylic oxidation sites excluding steroid dienone is 4. The highest BCUT2D eigenvalue weighted by Gasteiger charge is 2.37. The Labute approximate surface area is 187 Å². The van der Waals surface area contributed by atoms with E-state index in [2.05, 4.69) is 4.99 Å². The first-order chi connectivity index (χ1) is 15.2. The molecule has 164 valence electrons. The lowest BCUT2D eigenvalue weighted by Crippen LogP contribution is -2.18. The molecule has 1 heterocycles. The molecule has 0 aromatic heterocycles. The normalized spacial score (nSPS) is 17.1. The van der Waals surface area contributed by atoms with Crippen LogP contribution in [0.5, 0.6) is 0 Å². The summed E-state index contributed by atoms with van der Waals surface area (Å²) in [6.07, 6.45) is 0.746. The smallest absolute Gasteiger partial charge is 0.307 e. The van der Waals surface area contributed by atoms with Gasteiger partial charge in [-0.3, -0.25) is 9.79 Å². The van der Waals surface area contributed by atoms with Crippen molar-refractivity contribution in [2.75, 3.05) is 0 Å². The molecule has 0 radical (unpaired) electrons. The second kappa shape index (κ2) is 8.50. The van der Waals surface area contributed by atoms with Gasteiger partial charge in [-0.1, -0.05) is 18.2 Å². The van der Waals surface area contributed by atoms with Gasteiger partial charge in [-0.05, 0) is 55.0 Å². The van der Waals surface area contributed by atoms with Crippen molar-refractivity contribution in [1.29, 1.82) is 0 Å². The summed E-state index contributed by atoms with van der Waals surface area (Å²) in [6.45, 7) is 1.58. The van der Waals surface area contributed by atoms with Crippen LogP contribution >= 0.6 is 0 Å². The number of fused-ring (bicyclic) bond motifs is 1. The molecule has 0 bridgehead atoms. The molecule has 2 aromatic rings. The molecule has 2 aliphatic rings. The van der Waals surface area contributed by atoms with Gasteiger partial charge in [0.1, 0.15) is 10.7 Å². The molecule has 2 aromatic carbocycles. The van der Waals surface area contributed by atoms with Crippen molar-refractivity contribution >= 4 is 32.7 Å². The van der Waals surface area contributed by atoms with Crippen LogP contribution in [0, 0.1) is 0 Å². The van der Waals surface area contributed by atoms with Gasteiger partial charge in [0.25, 0.3) is 0 Å². The Morgan fingerprint density at radius 1 is 1.12 bits per heavy atom. The van der Waals surface area contributed by atoms with Crippen molar-refractivity contribution in [2.24, 2.45) is 4.99 Å². The minimum absolute atomic E-state index is 0.0295. The fourth-order valence-electron chi connectivity index (χ4n) is 3.67. The Hall–Kier alpha value is -3.01. The van der Waals surface area contributed by atoms with Crippen LogP contribution < -0.4 is 0 Å². The molecule has 4 rings (SSSR count). The zero-order valence-corrected chi connectivity index (χ0v) is 18.5. The van der Waals surface area contributed by atoms with Crippen LogP contribution in [0.3, 0.4) is 0 Å². The number of sulfone groups is 1. The predicted molar refractivity (Wildman–Crippen MR) is 118 cm³/mol. The van der Waals surface area contributed by atoms with Gasteiger partial charge in [-0.15, -0.1) is 0 Å². The number of carboxylic acids is 1. The molecule has 1 aliphatic carbocycles. The molecule has 0 saturated carbocycles. The molecule has 0 spiro atoms. The molecule has 9 heteroatoms. The van der Waals surface area contributed by atoms with Crippen molar-refractivity contribution in [3.05, 3.63) is 88.2 Å². The van der Waals surface area contributed by atoms with E-state index in [-0.39, 0.29) is 22.5 Å². The third kappa shape index (κ3) is 3.94. The number of benzene rings is 2. The first-order valence-corrected chi connectivity index (χ1v) is 12.3. The van der Waals surface area contributed by atoms with Crippen molar-refractivity contribution in [3.8, 4) is 0 Å². The maximum absolute atomic E-state index is 14.9. The SMILES string of the molecule is CC1=C(CC(=O)O)C2=C(S(=O)(=O)c3ccc([S+]([O-])c4ccccc4)cc3)C(F)=CCC2=N1. The molecule has 0 amide bonds. The molecule has 1 atom stereocenters. The van der Waals surface area contributed by atoms with Crippen LogP contribution in [0.4, 0.5) is 4.39 Å². The second-order valence-corrected chi connectivity index (χ2v) is 10.6. The Morgan fingerprint density at radius 3 is 2.38 bits per heavy atom.